The van der Waals surface area contributed by atoms with E-state index < -0.39 is 0 Å². The third-order valence-corrected chi connectivity index (χ3v) is 3.36. The summed E-state index contributed by atoms with van der Waals surface area (Å²) in [6, 6.07) is 0. The Balaban J connectivity index is 3.52. The molecule has 1 nitrogen and oxygen atoms in total. The van der Waals surface area contributed by atoms with Crippen LogP contribution in [0, 0.1) is 11.8 Å². The van der Waals surface area contributed by atoms with Gasteiger partial charge in [-0.05, 0) is 24.7 Å². The Labute approximate surface area is 97.7 Å². The highest BCUT2D eigenvalue weighted by atomic mass is 79.9. The summed E-state index contributed by atoms with van der Waals surface area (Å²) < 4.78 is 5.58. The van der Waals surface area contributed by atoms with Gasteiger partial charge in [-0.1, -0.05) is 50.0 Å². The van der Waals surface area contributed by atoms with Crippen LogP contribution in [0.1, 0.15) is 47.0 Å². The van der Waals surface area contributed by atoms with Crippen LogP contribution in [0.15, 0.2) is 0 Å². The van der Waals surface area contributed by atoms with Crippen molar-refractivity contribution in [2.45, 2.75) is 51.8 Å². The fourth-order valence-corrected chi connectivity index (χ4v) is 2.54. The smallest absolute Gasteiger partial charge is 0.0469 e. The molecule has 0 N–H and O–H groups in total. The van der Waals surface area contributed by atoms with Gasteiger partial charge in [-0.2, -0.15) is 0 Å². The molecule has 0 heterocycles. The Hall–Kier alpha value is 0.440. The van der Waals surface area contributed by atoms with Gasteiger partial charge in [0.15, 0.2) is 0 Å². The number of halogens is 1. The molecular formula is C12H25BrO. The van der Waals surface area contributed by atoms with E-state index >= 15 is 0 Å². The maximum atomic E-state index is 5.58. The first-order valence-electron chi connectivity index (χ1n) is 5.81. The summed E-state index contributed by atoms with van der Waals surface area (Å²) in [6.07, 6.45) is 3.59. The Morgan fingerprint density at radius 2 is 1.79 bits per heavy atom. The van der Waals surface area contributed by atoms with E-state index in [0.717, 1.165) is 25.0 Å². The predicted molar refractivity (Wildman–Crippen MR) is 67.1 cm³/mol. The molecule has 0 amide bonds. The molecule has 0 saturated heterocycles. The maximum absolute atomic E-state index is 5.58. The first-order chi connectivity index (χ1) is 6.59. The molecule has 14 heavy (non-hydrogen) atoms. The zero-order valence-corrected chi connectivity index (χ0v) is 11.6. The van der Waals surface area contributed by atoms with Gasteiger partial charge in [-0.3, -0.25) is 0 Å². The van der Waals surface area contributed by atoms with E-state index in [4.69, 9.17) is 4.74 Å². The lowest BCUT2D eigenvalue weighted by atomic mass is 9.90. The van der Waals surface area contributed by atoms with Crippen LogP contribution in [0.4, 0.5) is 0 Å². The minimum absolute atomic E-state index is 0.595. The van der Waals surface area contributed by atoms with Gasteiger partial charge < -0.3 is 4.74 Å². The standard InChI is InChI=1S/C12H25BrO/c1-5-6-8-14-9-7-12(10(2)3)11(4)13/h10-12H,5-9H2,1-4H3. The van der Waals surface area contributed by atoms with E-state index in [0.29, 0.717) is 4.83 Å². The second-order valence-electron chi connectivity index (χ2n) is 4.34. The lowest BCUT2D eigenvalue weighted by molar-refractivity contribution is 0.111. The number of ether oxygens (including phenoxy) is 1. The van der Waals surface area contributed by atoms with Gasteiger partial charge in [-0.15, -0.1) is 0 Å². The number of rotatable bonds is 8. The SMILES string of the molecule is CCCCOCCC(C(C)C)C(C)Br. The maximum Gasteiger partial charge on any atom is 0.0469 e. The Morgan fingerprint density at radius 1 is 1.14 bits per heavy atom. The van der Waals surface area contributed by atoms with Crippen LogP contribution in [-0.2, 0) is 4.74 Å². The lowest BCUT2D eigenvalue weighted by Gasteiger charge is -2.23. The van der Waals surface area contributed by atoms with Crippen molar-refractivity contribution in [3.63, 3.8) is 0 Å². The van der Waals surface area contributed by atoms with Crippen LogP contribution in [0.5, 0.6) is 0 Å². The summed E-state index contributed by atoms with van der Waals surface area (Å²) in [5.41, 5.74) is 0. The predicted octanol–water partition coefficient (Wildman–Crippen LogP) is 4.25. The Morgan fingerprint density at radius 3 is 2.21 bits per heavy atom. The van der Waals surface area contributed by atoms with E-state index in [1.54, 1.807) is 0 Å². The minimum atomic E-state index is 0.595. The fourth-order valence-electron chi connectivity index (χ4n) is 1.66. The van der Waals surface area contributed by atoms with Gasteiger partial charge in [0.25, 0.3) is 0 Å². The third kappa shape index (κ3) is 6.83. The number of alkyl halides is 1. The van der Waals surface area contributed by atoms with Gasteiger partial charge in [0.05, 0.1) is 0 Å². The van der Waals surface area contributed by atoms with E-state index in [1.165, 1.54) is 19.3 Å². The largest absolute Gasteiger partial charge is 0.381 e. The summed E-state index contributed by atoms with van der Waals surface area (Å²) in [4.78, 5) is 0.595. The van der Waals surface area contributed by atoms with Crippen LogP contribution in [-0.4, -0.2) is 18.0 Å². The molecule has 0 aliphatic rings. The summed E-state index contributed by atoms with van der Waals surface area (Å²) >= 11 is 3.67. The van der Waals surface area contributed by atoms with Crippen molar-refractivity contribution in [3.8, 4) is 0 Å². The van der Waals surface area contributed by atoms with Crippen molar-refractivity contribution >= 4 is 15.9 Å². The molecule has 2 atom stereocenters. The van der Waals surface area contributed by atoms with Gasteiger partial charge in [-0.25, -0.2) is 0 Å². The van der Waals surface area contributed by atoms with Crippen LogP contribution in [0.2, 0.25) is 0 Å². The molecular weight excluding hydrogens is 240 g/mol. The van der Waals surface area contributed by atoms with Crippen LogP contribution in [0.3, 0.4) is 0 Å². The molecule has 0 fully saturated rings. The Kier molecular flexibility index (Phi) is 9.00. The van der Waals surface area contributed by atoms with Crippen LogP contribution in [0.25, 0.3) is 0 Å². The van der Waals surface area contributed by atoms with Gasteiger partial charge in [0.2, 0.25) is 0 Å². The van der Waals surface area contributed by atoms with Crippen LogP contribution < -0.4 is 0 Å². The molecule has 0 rings (SSSR count). The number of hydrogen-bond donors (Lipinski definition) is 0. The third-order valence-electron chi connectivity index (χ3n) is 2.68. The molecule has 0 aromatic heterocycles. The van der Waals surface area contributed by atoms with Crippen molar-refractivity contribution < 1.29 is 4.74 Å². The molecule has 0 spiro atoms. The summed E-state index contributed by atoms with van der Waals surface area (Å²) in [7, 11) is 0. The van der Waals surface area contributed by atoms with E-state index in [1.807, 2.05) is 0 Å². The van der Waals surface area contributed by atoms with Gasteiger partial charge >= 0.3 is 0 Å². The molecule has 0 aromatic carbocycles. The quantitative estimate of drug-likeness (QED) is 0.471. The Bertz CT molecular complexity index is 115. The normalized spacial score (nSPS) is 15.9. The molecule has 0 radical (unpaired) electrons. The average Bonchev–Trinajstić information content (AvgIpc) is 2.09. The van der Waals surface area contributed by atoms with Crippen molar-refractivity contribution in [1.29, 1.82) is 0 Å². The summed E-state index contributed by atoms with van der Waals surface area (Å²) in [5.74, 6) is 1.47. The first kappa shape index (κ1) is 14.4. The zero-order chi connectivity index (χ0) is 11.0. The van der Waals surface area contributed by atoms with Gasteiger partial charge in [0, 0.05) is 18.0 Å². The highest BCUT2D eigenvalue weighted by molar-refractivity contribution is 9.09. The number of hydrogen-bond acceptors (Lipinski definition) is 1. The highest BCUT2D eigenvalue weighted by Gasteiger charge is 2.17. The summed E-state index contributed by atoms with van der Waals surface area (Å²) in [5, 5.41) is 0. The second-order valence-corrected chi connectivity index (χ2v) is 5.78. The van der Waals surface area contributed by atoms with Crippen molar-refractivity contribution in [2.75, 3.05) is 13.2 Å². The molecule has 0 aromatic rings. The number of unbranched alkanes of at least 4 members (excludes halogenated alkanes) is 1. The molecule has 0 aliphatic heterocycles. The molecule has 0 saturated carbocycles. The van der Waals surface area contributed by atoms with Crippen molar-refractivity contribution in [3.05, 3.63) is 0 Å². The van der Waals surface area contributed by atoms with E-state index in [2.05, 4.69) is 43.6 Å². The van der Waals surface area contributed by atoms with E-state index in [-0.39, 0.29) is 0 Å². The molecule has 0 bridgehead atoms. The van der Waals surface area contributed by atoms with Crippen LogP contribution >= 0.6 is 15.9 Å². The molecule has 0 aliphatic carbocycles. The van der Waals surface area contributed by atoms with Gasteiger partial charge in [0.1, 0.15) is 0 Å². The van der Waals surface area contributed by atoms with E-state index in [9.17, 15) is 0 Å². The second kappa shape index (κ2) is 8.72. The van der Waals surface area contributed by atoms with Crippen molar-refractivity contribution in [2.24, 2.45) is 11.8 Å². The molecule has 2 heteroatoms. The molecule has 2 unspecified atom stereocenters. The monoisotopic (exact) mass is 264 g/mol. The van der Waals surface area contributed by atoms with Crippen molar-refractivity contribution in [1.82, 2.24) is 0 Å². The lowest BCUT2D eigenvalue weighted by Crippen LogP contribution is -2.19. The highest BCUT2D eigenvalue weighted by Crippen LogP contribution is 2.24. The average molecular weight is 265 g/mol. The summed E-state index contributed by atoms with van der Waals surface area (Å²) in [6.45, 7) is 10.8. The zero-order valence-electron chi connectivity index (χ0n) is 10.1. The first-order valence-corrected chi connectivity index (χ1v) is 6.73. The molecule has 86 valence electrons. The topological polar surface area (TPSA) is 9.23 Å². The fraction of sp³-hybridized carbons (Fsp3) is 1.00. The minimum Gasteiger partial charge on any atom is -0.381 e.